The molecule has 22 heavy (non-hydrogen) atoms. The normalized spacial score (nSPS) is 20.2. The number of rotatable bonds is 1. The minimum absolute atomic E-state index is 0.0563. The van der Waals surface area contributed by atoms with Gasteiger partial charge in [-0.15, -0.1) is 0 Å². The molecule has 1 aliphatic carbocycles. The number of halogens is 3. The van der Waals surface area contributed by atoms with Crippen LogP contribution in [0.1, 0.15) is 36.6 Å². The summed E-state index contributed by atoms with van der Waals surface area (Å²) in [6.07, 6.45) is -2.64. The van der Waals surface area contributed by atoms with E-state index in [1.807, 2.05) is 13.0 Å². The van der Waals surface area contributed by atoms with Gasteiger partial charge in [0, 0.05) is 30.7 Å². The van der Waals surface area contributed by atoms with E-state index in [2.05, 4.69) is 5.32 Å². The summed E-state index contributed by atoms with van der Waals surface area (Å²) in [5.41, 5.74) is 0.606. The van der Waals surface area contributed by atoms with Crippen LogP contribution in [-0.2, 0) is 24.7 Å². The zero-order chi connectivity index (χ0) is 15.7. The molecule has 1 saturated carbocycles. The van der Waals surface area contributed by atoms with Gasteiger partial charge in [-0.2, -0.15) is 13.2 Å². The fourth-order valence-corrected chi connectivity index (χ4v) is 3.40. The van der Waals surface area contributed by atoms with Gasteiger partial charge in [-0.25, -0.2) is 0 Å². The van der Waals surface area contributed by atoms with Crippen molar-refractivity contribution >= 4 is 10.8 Å². The second kappa shape index (κ2) is 4.19. The summed E-state index contributed by atoms with van der Waals surface area (Å²) < 4.78 is 42.2. The summed E-state index contributed by atoms with van der Waals surface area (Å²) >= 11 is 0. The standard InChI is InChI=1S/C16H17F3N2O/c1-15(2-3-15)9-6-10-12-8-20-4-5-21(12)14(22)13(10)11(7-9)16(17,18)19/h6-7,20,22H,2-5,8H2,1H3. The monoisotopic (exact) mass is 310 g/mol. The highest BCUT2D eigenvalue weighted by atomic mass is 19.4. The fraction of sp³-hybridized carbons (Fsp3) is 0.500. The Kier molecular flexibility index (Phi) is 2.65. The molecule has 0 atom stereocenters. The second-order valence-electron chi connectivity index (χ2n) is 6.60. The van der Waals surface area contributed by atoms with E-state index < -0.39 is 11.7 Å². The topological polar surface area (TPSA) is 37.2 Å². The average Bonchev–Trinajstić information content (AvgIpc) is 3.16. The second-order valence-corrected chi connectivity index (χ2v) is 6.60. The first-order chi connectivity index (χ1) is 10.3. The Morgan fingerprint density at radius 3 is 2.64 bits per heavy atom. The lowest BCUT2D eigenvalue weighted by atomic mass is 9.92. The number of nitrogens with one attached hydrogen (secondary N) is 1. The Morgan fingerprint density at radius 1 is 1.27 bits per heavy atom. The Morgan fingerprint density at radius 2 is 2.00 bits per heavy atom. The number of aromatic hydroxyl groups is 1. The first-order valence-electron chi connectivity index (χ1n) is 7.48. The van der Waals surface area contributed by atoms with Crippen LogP contribution in [0.5, 0.6) is 5.88 Å². The highest BCUT2D eigenvalue weighted by molar-refractivity contribution is 5.95. The lowest BCUT2D eigenvalue weighted by Gasteiger charge is -2.17. The van der Waals surface area contributed by atoms with Crippen LogP contribution in [0.2, 0.25) is 0 Å². The van der Waals surface area contributed by atoms with Crippen LogP contribution in [0.4, 0.5) is 13.2 Å². The van der Waals surface area contributed by atoms with Crippen molar-refractivity contribution in [1.29, 1.82) is 0 Å². The number of nitrogens with zero attached hydrogens (tertiary/aromatic N) is 1. The van der Waals surface area contributed by atoms with Gasteiger partial charge in [0.2, 0.25) is 0 Å². The van der Waals surface area contributed by atoms with Crippen molar-refractivity contribution in [2.45, 2.75) is 44.4 Å². The van der Waals surface area contributed by atoms with Crippen molar-refractivity contribution < 1.29 is 18.3 Å². The number of benzene rings is 1. The lowest BCUT2D eigenvalue weighted by Crippen LogP contribution is -2.27. The van der Waals surface area contributed by atoms with Gasteiger partial charge in [0.15, 0.2) is 5.88 Å². The maximum Gasteiger partial charge on any atom is 0.417 e. The maximum absolute atomic E-state index is 13.5. The number of alkyl halides is 3. The van der Waals surface area contributed by atoms with E-state index in [4.69, 9.17) is 0 Å². The Hall–Kier alpha value is -1.69. The average molecular weight is 310 g/mol. The Balaban J connectivity index is 2.08. The number of hydrogen-bond acceptors (Lipinski definition) is 2. The molecule has 0 saturated heterocycles. The predicted molar refractivity (Wildman–Crippen MR) is 76.9 cm³/mol. The zero-order valence-corrected chi connectivity index (χ0v) is 12.2. The number of aromatic nitrogens is 1. The van der Waals surface area contributed by atoms with Gasteiger partial charge in [0.1, 0.15) is 0 Å². The van der Waals surface area contributed by atoms with E-state index in [0.717, 1.165) is 24.1 Å². The van der Waals surface area contributed by atoms with Crippen LogP contribution in [0, 0.1) is 0 Å². The van der Waals surface area contributed by atoms with Crippen molar-refractivity contribution in [1.82, 2.24) is 9.88 Å². The van der Waals surface area contributed by atoms with Gasteiger partial charge in [0.05, 0.1) is 10.9 Å². The summed E-state index contributed by atoms with van der Waals surface area (Å²) in [4.78, 5) is 0. The van der Waals surface area contributed by atoms with Crippen LogP contribution in [0.3, 0.4) is 0 Å². The molecule has 2 N–H and O–H groups in total. The van der Waals surface area contributed by atoms with Gasteiger partial charge in [-0.05, 0) is 36.0 Å². The molecule has 4 rings (SSSR count). The quantitative estimate of drug-likeness (QED) is 0.845. The molecule has 118 valence electrons. The van der Waals surface area contributed by atoms with E-state index >= 15 is 0 Å². The molecule has 2 aromatic rings. The Labute approximate surface area is 125 Å². The number of fused-ring (bicyclic) bond motifs is 3. The van der Waals surface area contributed by atoms with E-state index in [-0.39, 0.29) is 16.7 Å². The minimum Gasteiger partial charge on any atom is -0.494 e. The molecule has 2 heterocycles. The number of hydrogen-bond donors (Lipinski definition) is 2. The highest BCUT2D eigenvalue weighted by Gasteiger charge is 2.43. The molecule has 0 unspecified atom stereocenters. The van der Waals surface area contributed by atoms with Gasteiger partial charge >= 0.3 is 6.18 Å². The molecular formula is C16H17F3N2O. The largest absolute Gasteiger partial charge is 0.494 e. The van der Waals surface area contributed by atoms with Crippen molar-refractivity contribution in [3.63, 3.8) is 0 Å². The SMILES string of the molecule is CC1(c2cc(C(F)(F)F)c3c(O)n4c(c3c2)CNCC4)CC1. The zero-order valence-electron chi connectivity index (χ0n) is 12.2. The minimum atomic E-state index is -4.47. The summed E-state index contributed by atoms with van der Waals surface area (Å²) in [7, 11) is 0. The molecule has 0 bridgehead atoms. The third-order valence-electron chi connectivity index (χ3n) is 5.06. The molecule has 6 heteroatoms. The fourth-order valence-electron chi connectivity index (χ4n) is 3.40. The molecule has 0 spiro atoms. The van der Waals surface area contributed by atoms with Crippen LogP contribution < -0.4 is 5.32 Å². The van der Waals surface area contributed by atoms with Crippen molar-refractivity contribution in [3.8, 4) is 5.88 Å². The highest BCUT2D eigenvalue weighted by Crippen LogP contribution is 2.51. The maximum atomic E-state index is 13.5. The summed E-state index contributed by atoms with van der Waals surface area (Å²) in [6, 6.07) is 3.07. The van der Waals surface area contributed by atoms with Crippen LogP contribution in [-0.4, -0.2) is 16.2 Å². The smallest absolute Gasteiger partial charge is 0.417 e. The van der Waals surface area contributed by atoms with Crippen LogP contribution >= 0.6 is 0 Å². The third-order valence-corrected chi connectivity index (χ3v) is 5.06. The van der Waals surface area contributed by atoms with E-state index in [9.17, 15) is 18.3 Å². The summed E-state index contributed by atoms with van der Waals surface area (Å²) in [5.74, 6) is -0.258. The molecule has 0 radical (unpaired) electrons. The van der Waals surface area contributed by atoms with E-state index in [1.165, 1.54) is 6.07 Å². The van der Waals surface area contributed by atoms with Crippen LogP contribution in [0.25, 0.3) is 10.8 Å². The van der Waals surface area contributed by atoms with Crippen LogP contribution in [0.15, 0.2) is 12.1 Å². The molecule has 0 amide bonds. The van der Waals surface area contributed by atoms with Gasteiger partial charge in [0.25, 0.3) is 0 Å². The molecule has 1 aliphatic heterocycles. The predicted octanol–water partition coefficient (Wildman–Crippen LogP) is 3.52. The van der Waals surface area contributed by atoms with Crippen molar-refractivity contribution in [3.05, 3.63) is 29.0 Å². The van der Waals surface area contributed by atoms with Gasteiger partial charge < -0.3 is 15.0 Å². The summed E-state index contributed by atoms with van der Waals surface area (Å²) in [5, 5.41) is 14.0. The van der Waals surface area contributed by atoms with Crippen molar-refractivity contribution in [2.75, 3.05) is 6.54 Å². The first-order valence-corrected chi connectivity index (χ1v) is 7.48. The van der Waals surface area contributed by atoms with Gasteiger partial charge in [-0.1, -0.05) is 6.92 Å². The third kappa shape index (κ3) is 1.86. The van der Waals surface area contributed by atoms with Crippen molar-refractivity contribution in [2.24, 2.45) is 0 Å². The molecule has 3 nitrogen and oxygen atoms in total. The van der Waals surface area contributed by atoms with E-state index in [0.29, 0.717) is 25.0 Å². The molecule has 1 aromatic heterocycles. The molecular weight excluding hydrogens is 293 g/mol. The van der Waals surface area contributed by atoms with E-state index in [1.54, 1.807) is 4.57 Å². The molecule has 1 aromatic carbocycles. The summed E-state index contributed by atoms with van der Waals surface area (Å²) in [6.45, 7) is 3.61. The lowest BCUT2D eigenvalue weighted by molar-refractivity contribution is -0.136. The van der Waals surface area contributed by atoms with Gasteiger partial charge in [-0.3, -0.25) is 0 Å². The first kappa shape index (κ1) is 13.9. The Bertz CT molecular complexity index is 772. The molecule has 2 aliphatic rings. The molecule has 1 fully saturated rings.